The molecule has 1 aromatic carbocycles. The van der Waals surface area contributed by atoms with Crippen molar-refractivity contribution >= 4 is 17.5 Å². The van der Waals surface area contributed by atoms with Gasteiger partial charge in [-0.25, -0.2) is 4.68 Å². The van der Waals surface area contributed by atoms with Crippen LogP contribution in [-0.4, -0.2) is 46.3 Å². The van der Waals surface area contributed by atoms with E-state index in [0.29, 0.717) is 11.6 Å². The molecule has 2 aromatic rings. The fourth-order valence-electron chi connectivity index (χ4n) is 1.79. The van der Waals surface area contributed by atoms with E-state index in [1.807, 2.05) is 18.2 Å². The number of hydrogen-bond donors (Lipinski definition) is 2. The molecule has 0 radical (unpaired) electrons. The number of nitrogens with zero attached hydrogens (tertiary/aromatic N) is 3. The number of benzene rings is 1. The Morgan fingerprint density at radius 3 is 2.90 bits per heavy atom. The van der Waals surface area contributed by atoms with Crippen molar-refractivity contribution in [3.63, 3.8) is 0 Å². The van der Waals surface area contributed by atoms with Crippen LogP contribution in [0.25, 0.3) is 0 Å². The van der Waals surface area contributed by atoms with E-state index < -0.39 is 5.91 Å². The molecule has 0 unspecified atom stereocenters. The number of rotatable bonds is 6. The van der Waals surface area contributed by atoms with Gasteiger partial charge in [-0.05, 0) is 11.6 Å². The zero-order valence-electron chi connectivity index (χ0n) is 11.4. The Kier molecular flexibility index (Phi) is 5.13. The van der Waals surface area contributed by atoms with Gasteiger partial charge in [0.25, 0.3) is 5.91 Å². The van der Waals surface area contributed by atoms with E-state index in [0.717, 1.165) is 5.56 Å². The Balaban J connectivity index is 2.24. The highest BCUT2D eigenvalue weighted by Gasteiger charge is 2.20. The lowest BCUT2D eigenvalue weighted by Gasteiger charge is -2.07. The van der Waals surface area contributed by atoms with Crippen LogP contribution in [0.4, 0.5) is 0 Å². The molecule has 0 fully saturated rings. The maximum Gasteiger partial charge on any atom is 0.277 e. The average Bonchev–Trinajstić information content (AvgIpc) is 2.90. The molecule has 0 atom stereocenters. The second kappa shape index (κ2) is 7.05. The summed E-state index contributed by atoms with van der Waals surface area (Å²) < 4.78 is 6.65. The SMILES string of the molecule is COc1c(C(=O)NCCO)nnn1Cc1ccccc1Cl. The van der Waals surface area contributed by atoms with Crippen LogP contribution in [0.1, 0.15) is 16.1 Å². The number of halogens is 1. The van der Waals surface area contributed by atoms with Crippen molar-refractivity contribution in [2.45, 2.75) is 6.54 Å². The lowest BCUT2D eigenvalue weighted by Crippen LogP contribution is -2.27. The third-order valence-electron chi connectivity index (χ3n) is 2.77. The Bertz CT molecular complexity index is 630. The first-order chi connectivity index (χ1) is 10.2. The van der Waals surface area contributed by atoms with Crippen molar-refractivity contribution in [1.29, 1.82) is 0 Å². The molecule has 0 aliphatic carbocycles. The number of amides is 1. The number of aliphatic hydroxyl groups excluding tert-OH is 1. The molecule has 0 bridgehead atoms. The summed E-state index contributed by atoms with van der Waals surface area (Å²) in [5, 5.41) is 19.5. The molecule has 112 valence electrons. The number of carbonyl (C=O) groups is 1. The van der Waals surface area contributed by atoms with Crippen LogP contribution < -0.4 is 10.1 Å². The lowest BCUT2D eigenvalue weighted by molar-refractivity contribution is 0.0936. The molecule has 2 N–H and O–H groups in total. The van der Waals surface area contributed by atoms with E-state index in [-0.39, 0.29) is 24.7 Å². The average molecular weight is 311 g/mol. The predicted octanol–water partition coefficient (Wildman–Crippen LogP) is 0.710. The second-order valence-electron chi connectivity index (χ2n) is 4.18. The summed E-state index contributed by atoms with van der Waals surface area (Å²) >= 11 is 6.10. The van der Waals surface area contributed by atoms with Crippen LogP contribution in [0.15, 0.2) is 24.3 Å². The fourth-order valence-corrected chi connectivity index (χ4v) is 1.99. The molecule has 2 rings (SSSR count). The molecule has 21 heavy (non-hydrogen) atoms. The number of nitrogens with one attached hydrogen (secondary N) is 1. The molecule has 0 aliphatic rings. The maximum atomic E-state index is 11.9. The number of methoxy groups -OCH3 is 1. The minimum absolute atomic E-state index is 0.0676. The molecule has 8 heteroatoms. The van der Waals surface area contributed by atoms with Gasteiger partial charge in [0.2, 0.25) is 11.6 Å². The van der Waals surface area contributed by atoms with Crippen LogP contribution in [0.2, 0.25) is 5.02 Å². The third-order valence-corrected chi connectivity index (χ3v) is 3.14. The Morgan fingerprint density at radius 1 is 1.48 bits per heavy atom. The summed E-state index contributed by atoms with van der Waals surface area (Å²) in [6.45, 7) is 0.324. The summed E-state index contributed by atoms with van der Waals surface area (Å²) in [5.74, 6) is -0.211. The zero-order chi connectivity index (χ0) is 15.2. The van der Waals surface area contributed by atoms with E-state index in [9.17, 15) is 4.79 Å². The van der Waals surface area contributed by atoms with E-state index in [1.165, 1.54) is 11.8 Å². The number of hydrogen-bond acceptors (Lipinski definition) is 5. The molecule has 1 heterocycles. The van der Waals surface area contributed by atoms with Crippen LogP contribution in [0.3, 0.4) is 0 Å². The first kappa shape index (κ1) is 15.3. The molecule has 0 saturated carbocycles. The summed E-state index contributed by atoms with van der Waals surface area (Å²) in [7, 11) is 1.44. The molecular weight excluding hydrogens is 296 g/mol. The minimum atomic E-state index is -0.452. The van der Waals surface area contributed by atoms with Crippen molar-refractivity contribution in [1.82, 2.24) is 20.3 Å². The van der Waals surface area contributed by atoms with Crippen molar-refractivity contribution in [3.05, 3.63) is 40.5 Å². The van der Waals surface area contributed by atoms with Crippen molar-refractivity contribution in [2.75, 3.05) is 20.3 Å². The van der Waals surface area contributed by atoms with Crippen LogP contribution >= 0.6 is 11.6 Å². The smallest absolute Gasteiger partial charge is 0.277 e. The van der Waals surface area contributed by atoms with Gasteiger partial charge in [-0.1, -0.05) is 35.0 Å². The first-order valence-corrected chi connectivity index (χ1v) is 6.65. The van der Waals surface area contributed by atoms with Crippen molar-refractivity contribution < 1.29 is 14.6 Å². The molecule has 1 aromatic heterocycles. The summed E-state index contributed by atoms with van der Waals surface area (Å²) in [5.41, 5.74) is 0.905. The Morgan fingerprint density at radius 2 is 2.24 bits per heavy atom. The van der Waals surface area contributed by atoms with E-state index >= 15 is 0 Å². The summed E-state index contributed by atoms with van der Waals surface area (Å²) in [4.78, 5) is 11.9. The van der Waals surface area contributed by atoms with Crippen molar-refractivity contribution in [3.8, 4) is 5.88 Å². The van der Waals surface area contributed by atoms with Crippen LogP contribution in [0.5, 0.6) is 5.88 Å². The molecule has 7 nitrogen and oxygen atoms in total. The highest BCUT2D eigenvalue weighted by Crippen LogP contribution is 2.20. The van der Waals surface area contributed by atoms with Gasteiger partial charge in [0.1, 0.15) is 0 Å². The number of aromatic nitrogens is 3. The second-order valence-corrected chi connectivity index (χ2v) is 4.58. The van der Waals surface area contributed by atoms with Gasteiger partial charge in [-0.15, -0.1) is 5.10 Å². The largest absolute Gasteiger partial charge is 0.479 e. The first-order valence-electron chi connectivity index (χ1n) is 6.27. The monoisotopic (exact) mass is 310 g/mol. The quantitative estimate of drug-likeness (QED) is 0.820. The van der Waals surface area contributed by atoms with Gasteiger partial charge in [0, 0.05) is 11.6 Å². The molecule has 0 spiro atoms. The Hall–Kier alpha value is -2.12. The van der Waals surface area contributed by atoms with Gasteiger partial charge in [0.15, 0.2) is 0 Å². The van der Waals surface area contributed by atoms with Gasteiger partial charge < -0.3 is 15.2 Å². The molecular formula is C13H15ClN4O3. The topological polar surface area (TPSA) is 89.3 Å². The molecule has 0 saturated heterocycles. The lowest BCUT2D eigenvalue weighted by atomic mass is 10.2. The van der Waals surface area contributed by atoms with Gasteiger partial charge in [-0.3, -0.25) is 4.79 Å². The van der Waals surface area contributed by atoms with Crippen molar-refractivity contribution in [2.24, 2.45) is 0 Å². The maximum absolute atomic E-state index is 11.9. The van der Waals surface area contributed by atoms with Crippen LogP contribution in [0, 0.1) is 0 Å². The van der Waals surface area contributed by atoms with E-state index in [1.54, 1.807) is 6.07 Å². The van der Waals surface area contributed by atoms with Gasteiger partial charge in [-0.2, -0.15) is 0 Å². The highest BCUT2D eigenvalue weighted by molar-refractivity contribution is 6.31. The standard InChI is InChI=1S/C13H15ClN4O3/c1-21-13-11(12(20)15-6-7-19)16-17-18(13)8-9-4-2-3-5-10(9)14/h2-5,19H,6-8H2,1H3,(H,15,20). The van der Waals surface area contributed by atoms with E-state index in [2.05, 4.69) is 15.6 Å². The number of carbonyl (C=O) groups excluding carboxylic acids is 1. The Labute approximate surface area is 126 Å². The normalized spacial score (nSPS) is 10.4. The minimum Gasteiger partial charge on any atom is -0.479 e. The summed E-state index contributed by atoms with van der Waals surface area (Å²) in [6.07, 6.45) is 0. The van der Waals surface area contributed by atoms with E-state index in [4.69, 9.17) is 21.4 Å². The number of ether oxygens (including phenoxy) is 1. The predicted molar refractivity (Wildman–Crippen MR) is 76.5 cm³/mol. The summed E-state index contributed by atoms with van der Waals surface area (Å²) in [6, 6.07) is 7.32. The number of aliphatic hydroxyl groups is 1. The third kappa shape index (κ3) is 3.50. The van der Waals surface area contributed by atoms with Gasteiger partial charge >= 0.3 is 0 Å². The fraction of sp³-hybridized carbons (Fsp3) is 0.308. The highest BCUT2D eigenvalue weighted by atomic mass is 35.5. The van der Waals surface area contributed by atoms with Gasteiger partial charge in [0.05, 0.1) is 20.3 Å². The molecule has 1 amide bonds. The zero-order valence-corrected chi connectivity index (χ0v) is 12.2. The molecule has 0 aliphatic heterocycles. The van der Waals surface area contributed by atoms with Crippen LogP contribution in [-0.2, 0) is 6.54 Å².